The second-order valence-electron chi connectivity index (χ2n) is 2.61. The second-order valence-corrected chi connectivity index (χ2v) is 10.8. The molecule has 0 N–H and O–H groups in total. The maximum atomic E-state index is 12.5. The van der Waals surface area contributed by atoms with Crippen LogP contribution in [-0.2, 0) is 34.5 Å². The highest BCUT2D eigenvalue weighted by Gasteiger charge is 2.45. The van der Waals surface area contributed by atoms with Gasteiger partial charge in [0.25, 0.3) is 0 Å². The molecule has 0 bridgehead atoms. The monoisotopic (exact) mass is 290 g/mol. The summed E-state index contributed by atoms with van der Waals surface area (Å²) in [7, 11) is -3.49. The number of hydrogen-bond acceptors (Lipinski definition) is 6. The number of hydrogen-bond donors (Lipinski definition) is 0. The molecule has 0 aromatic heterocycles. The molecule has 0 aromatic rings. The van der Waals surface area contributed by atoms with Gasteiger partial charge in [-0.25, -0.2) is 4.57 Å². The van der Waals surface area contributed by atoms with E-state index in [0.29, 0.717) is 13.2 Å². The van der Waals surface area contributed by atoms with Gasteiger partial charge in [0.2, 0.25) is 0 Å². The summed E-state index contributed by atoms with van der Waals surface area (Å²) < 4.78 is 33.5. The Kier molecular flexibility index (Phi) is 8.29. The third-order valence-corrected chi connectivity index (χ3v) is 10.0. The minimum Gasteiger partial charge on any atom is -0.321 e. The lowest BCUT2D eigenvalue weighted by Crippen LogP contribution is -2.03. The molecule has 0 rings (SSSR count). The summed E-state index contributed by atoms with van der Waals surface area (Å²) in [5, 5.41) is 0. The third kappa shape index (κ3) is 4.19. The van der Waals surface area contributed by atoms with E-state index in [2.05, 4.69) is 0 Å². The van der Waals surface area contributed by atoms with E-state index in [-0.39, 0.29) is 13.2 Å². The lowest BCUT2D eigenvalue weighted by molar-refractivity contribution is 0.213. The normalized spacial score (nSPS) is 13.0. The third-order valence-electron chi connectivity index (χ3n) is 1.47. The minimum atomic E-state index is -3.49. The van der Waals surface area contributed by atoms with Crippen molar-refractivity contribution in [2.45, 2.75) is 27.7 Å². The summed E-state index contributed by atoms with van der Waals surface area (Å²) in [5.41, 5.74) is 0. The predicted octanol–water partition coefficient (Wildman–Crippen LogP) is 3.55. The summed E-state index contributed by atoms with van der Waals surface area (Å²) in [6.07, 6.45) is -3.03. The molecule has 0 aliphatic heterocycles. The first-order valence-electron chi connectivity index (χ1n) is 5.28. The van der Waals surface area contributed by atoms with Crippen LogP contribution in [0.3, 0.4) is 0 Å². The zero-order valence-electron chi connectivity index (χ0n) is 10.2. The van der Waals surface area contributed by atoms with Crippen LogP contribution in [0.25, 0.3) is 0 Å². The van der Waals surface area contributed by atoms with Gasteiger partial charge in [-0.1, -0.05) is 0 Å². The highest BCUT2D eigenvalue weighted by Crippen LogP contribution is 2.83. The average molecular weight is 290 g/mol. The Morgan fingerprint density at radius 1 is 0.812 bits per heavy atom. The minimum absolute atomic E-state index is 0.246. The predicted molar refractivity (Wildman–Crippen MR) is 68.4 cm³/mol. The summed E-state index contributed by atoms with van der Waals surface area (Å²) in [6, 6.07) is 0. The van der Waals surface area contributed by atoms with Crippen molar-refractivity contribution in [3.05, 3.63) is 0 Å². The Bertz CT molecular complexity index is 236. The highest BCUT2D eigenvalue weighted by molar-refractivity contribution is 8.48. The first kappa shape index (κ1) is 16.7. The topological polar surface area (TPSA) is 54.0 Å². The molecule has 0 amide bonds. The fourth-order valence-electron chi connectivity index (χ4n) is 1.01. The van der Waals surface area contributed by atoms with E-state index in [4.69, 9.17) is 29.9 Å². The van der Waals surface area contributed by atoms with Crippen molar-refractivity contribution in [3.8, 4) is 0 Å². The van der Waals surface area contributed by atoms with Crippen LogP contribution in [0, 0.1) is 0 Å². The average Bonchev–Trinajstić information content (AvgIpc) is 2.19. The van der Waals surface area contributed by atoms with E-state index < -0.39 is 13.5 Å². The van der Waals surface area contributed by atoms with Crippen molar-refractivity contribution < 1.29 is 22.7 Å². The van der Waals surface area contributed by atoms with Gasteiger partial charge in [-0.15, -0.1) is 0 Å². The molecule has 0 aliphatic carbocycles. The first-order chi connectivity index (χ1) is 7.49. The maximum absolute atomic E-state index is 12.5. The molecule has 0 heterocycles. The van der Waals surface area contributed by atoms with E-state index in [9.17, 15) is 4.57 Å². The van der Waals surface area contributed by atoms with Crippen LogP contribution in [0.2, 0.25) is 0 Å². The van der Waals surface area contributed by atoms with Crippen LogP contribution in [0.15, 0.2) is 0 Å². The standard InChI is InChI=1S/C8H20O5P2S/c1-5-10-14(9,11-6-2)15(16,12-7-3)13-8-4/h5-8H2,1-4H3. The van der Waals surface area contributed by atoms with Crippen molar-refractivity contribution in [2.75, 3.05) is 26.4 Å². The Morgan fingerprint density at radius 3 is 1.38 bits per heavy atom. The maximum Gasteiger partial charge on any atom is 0.411 e. The second kappa shape index (κ2) is 7.93. The van der Waals surface area contributed by atoms with E-state index in [0.717, 1.165) is 0 Å². The van der Waals surface area contributed by atoms with Gasteiger partial charge in [0.1, 0.15) is 0 Å². The molecule has 0 saturated carbocycles. The molecule has 0 radical (unpaired) electrons. The Balaban J connectivity index is 5.08. The van der Waals surface area contributed by atoms with Crippen molar-refractivity contribution in [3.63, 3.8) is 0 Å². The van der Waals surface area contributed by atoms with E-state index in [1.165, 1.54) is 0 Å². The SMILES string of the molecule is CCOP(=O)(OCC)P(=S)(OCC)OCC. The van der Waals surface area contributed by atoms with E-state index in [1.54, 1.807) is 27.7 Å². The van der Waals surface area contributed by atoms with Crippen molar-refractivity contribution in [2.24, 2.45) is 0 Å². The first-order valence-corrected chi connectivity index (χ1v) is 10.2. The molecular formula is C8H20O5P2S. The van der Waals surface area contributed by atoms with Crippen molar-refractivity contribution in [1.29, 1.82) is 0 Å². The Labute approximate surface area is 102 Å². The van der Waals surface area contributed by atoms with Gasteiger partial charge in [-0.05, 0) is 39.5 Å². The molecule has 0 saturated heterocycles. The fraction of sp³-hybridized carbons (Fsp3) is 1.00. The molecule has 0 spiro atoms. The van der Waals surface area contributed by atoms with Crippen LogP contribution in [0.1, 0.15) is 27.7 Å². The van der Waals surface area contributed by atoms with Gasteiger partial charge in [-0.3, -0.25) is 0 Å². The highest BCUT2D eigenvalue weighted by atomic mass is 32.6. The zero-order valence-corrected chi connectivity index (χ0v) is 12.8. The molecule has 8 heteroatoms. The molecule has 98 valence electrons. The molecule has 0 aliphatic rings. The van der Waals surface area contributed by atoms with Gasteiger partial charge < -0.3 is 18.1 Å². The van der Waals surface area contributed by atoms with E-state index >= 15 is 0 Å². The number of rotatable bonds is 9. The van der Waals surface area contributed by atoms with Crippen molar-refractivity contribution >= 4 is 25.3 Å². The lowest BCUT2D eigenvalue weighted by atomic mass is 10.9. The fourth-order valence-corrected chi connectivity index (χ4v) is 7.59. The van der Waals surface area contributed by atoms with Crippen LogP contribution in [0.4, 0.5) is 0 Å². The van der Waals surface area contributed by atoms with Crippen LogP contribution in [-0.4, -0.2) is 26.4 Å². The summed E-state index contributed by atoms with van der Waals surface area (Å²) >= 11 is 5.22. The summed E-state index contributed by atoms with van der Waals surface area (Å²) in [5.74, 6) is 0. The zero-order chi connectivity index (χ0) is 12.7. The summed E-state index contributed by atoms with van der Waals surface area (Å²) in [6.45, 7) is 8.12. The molecule has 5 nitrogen and oxygen atoms in total. The van der Waals surface area contributed by atoms with Gasteiger partial charge in [0.15, 0.2) is 0 Å². The molecule has 0 fully saturated rings. The molecule has 16 heavy (non-hydrogen) atoms. The van der Waals surface area contributed by atoms with Crippen LogP contribution < -0.4 is 0 Å². The van der Waals surface area contributed by atoms with Gasteiger partial charge in [0.05, 0.1) is 26.4 Å². The molecule has 0 unspecified atom stereocenters. The van der Waals surface area contributed by atoms with Crippen LogP contribution in [0.5, 0.6) is 0 Å². The van der Waals surface area contributed by atoms with Gasteiger partial charge in [0, 0.05) is 0 Å². The van der Waals surface area contributed by atoms with Gasteiger partial charge >= 0.3 is 13.5 Å². The van der Waals surface area contributed by atoms with E-state index in [1.807, 2.05) is 0 Å². The molecular weight excluding hydrogens is 270 g/mol. The smallest absolute Gasteiger partial charge is 0.321 e. The van der Waals surface area contributed by atoms with Crippen LogP contribution >= 0.6 is 13.5 Å². The Hall–Kier alpha value is 0.720. The molecule has 0 aromatic carbocycles. The van der Waals surface area contributed by atoms with Gasteiger partial charge in [-0.2, -0.15) is 0 Å². The molecule has 0 atom stereocenters. The lowest BCUT2D eigenvalue weighted by Gasteiger charge is -2.27. The van der Waals surface area contributed by atoms with Crippen molar-refractivity contribution in [1.82, 2.24) is 0 Å². The Morgan fingerprint density at radius 2 is 1.12 bits per heavy atom. The quantitative estimate of drug-likeness (QED) is 0.605. The summed E-state index contributed by atoms with van der Waals surface area (Å²) in [4.78, 5) is 0. The largest absolute Gasteiger partial charge is 0.411 e.